The first kappa shape index (κ1) is 29.1. The Morgan fingerprint density at radius 1 is 0.952 bits per heavy atom. The number of anilines is 2. The van der Waals surface area contributed by atoms with E-state index in [4.69, 9.17) is 14.2 Å². The van der Waals surface area contributed by atoms with Crippen molar-refractivity contribution in [1.29, 1.82) is 0 Å². The third-order valence-electron chi connectivity index (χ3n) is 6.72. The number of unbranched alkanes of at least 4 members (excludes halogenated alkanes) is 1. The molecule has 4 aromatic rings. The van der Waals surface area contributed by atoms with Crippen LogP contribution in [0.5, 0.6) is 17.2 Å². The molecule has 42 heavy (non-hydrogen) atoms. The van der Waals surface area contributed by atoms with E-state index in [0.717, 1.165) is 37.1 Å². The van der Waals surface area contributed by atoms with Crippen LogP contribution >= 0.6 is 0 Å². The number of ether oxygens (including phenoxy) is 3. The van der Waals surface area contributed by atoms with Gasteiger partial charge in [0.05, 0.1) is 18.7 Å². The number of benzene rings is 3. The molecule has 8 nitrogen and oxygen atoms in total. The predicted octanol–water partition coefficient (Wildman–Crippen LogP) is 6.77. The van der Waals surface area contributed by atoms with Crippen molar-refractivity contribution in [1.82, 2.24) is 14.9 Å². The molecule has 0 bridgehead atoms. The molecule has 0 radical (unpaired) electrons. The zero-order chi connectivity index (χ0) is 29.2. The molecule has 2 heterocycles. The van der Waals surface area contributed by atoms with E-state index >= 15 is 0 Å². The van der Waals surface area contributed by atoms with Crippen molar-refractivity contribution in [3.05, 3.63) is 91.3 Å². The molecule has 0 unspecified atom stereocenters. The number of hydrogen-bond acceptors (Lipinski definition) is 8. The molecular weight excluding hydrogens is 542 g/mol. The second-order valence-electron chi connectivity index (χ2n) is 9.89. The van der Waals surface area contributed by atoms with Crippen molar-refractivity contribution in [2.45, 2.75) is 25.2 Å². The number of aromatic nitrogens is 2. The maximum atomic E-state index is 14.3. The first-order valence-electron chi connectivity index (χ1n) is 13.9. The van der Waals surface area contributed by atoms with E-state index in [1.54, 1.807) is 18.2 Å². The van der Waals surface area contributed by atoms with Gasteiger partial charge >= 0.3 is 5.97 Å². The van der Waals surface area contributed by atoms with Gasteiger partial charge in [0.2, 0.25) is 0 Å². The number of morpholine rings is 1. The van der Waals surface area contributed by atoms with Crippen molar-refractivity contribution in [2.75, 3.05) is 38.2 Å². The Kier molecular flexibility index (Phi) is 9.68. The molecular formula is C32H32F2N4O4. The van der Waals surface area contributed by atoms with Gasteiger partial charge in [0.15, 0.2) is 0 Å². The lowest BCUT2D eigenvalue weighted by Gasteiger charge is -2.26. The highest BCUT2D eigenvalue weighted by molar-refractivity contribution is 5.92. The maximum Gasteiger partial charge on any atom is 0.336 e. The van der Waals surface area contributed by atoms with Gasteiger partial charge in [0.1, 0.15) is 29.4 Å². The monoisotopic (exact) mass is 574 g/mol. The van der Waals surface area contributed by atoms with Crippen molar-refractivity contribution in [3.8, 4) is 17.2 Å². The second kappa shape index (κ2) is 14.0. The van der Waals surface area contributed by atoms with Crippen LogP contribution in [-0.2, 0) is 9.53 Å². The number of fused-ring (bicyclic) bond motifs is 1. The zero-order valence-electron chi connectivity index (χ0n) is 23.0. The van der Waals surface area contributed by atoms with Gasteiger partial charge in [0, 0.05) is 36.7 Å². The van der Waals surface area contributed by atoms with E-state index in [2.05, 4.69) is 20.2 Å². The van der Waals surface area contributed by atoms with E-state index in [9.17, 15) is 13.6 Å². The summed E-state index contributed by atoms with van der Waals surface area (Å²) < 4.78 is 45.1. The van der Waals surface area contributed by atoms with Gasteiger partial charge in [-0.1, -0.05) is 18.2 Å². The highest BCUT2D eigenvalue weighted by atomic mass is 19.3. The molecule has 0 atom stereocenters. The summed E-state index contributed by atoms with van der Waals surface area (Å²) in [4.78, 5) is 23.2. The summed E-state index contributed by atoms with van der Waals surface area (Å²) in [6, 6.07) is 21.7. The number of esters is 1. The first-order valence-corrected chi connectivity index (χ1v) is 13.9. The van der Waals surface area contributed by atoms with Crippen LogP contribution in [0.3, 0.4) is 0 Å². The van der Waals surface area contributed by atoms with Gasteiger partial charge in [-0.05, 0) is 80.1 Å². The van der Waals surface area contributed by atoms with Crippen molar-refractivity contribution < 1.29 is 27.8 Å². The Morgan fingerprint density at radius 2 is 1.69 bits per heavy atom. The summed E-state index contributed by atoms with van der Waals surface area (Å²) in [6.45, 7) is 3.79. The van der Waals surface area contributed by atoms with Gasteiger partial charge in [-0.3, -0.25) is 4.90 Å². The molecule has 10 heteroatoms. The van der Waals surface area contributed by atoms with Crippen molar-refractivity contribution >= 4 is 28.4 Å². The van der Waals surface area contributed by atoms with Crippen LogP contribution < -0.4 is 14.8 Å². The Morgan fingerprint density at radius 3 is 2.48 bits per heavy atom. The van der Waals surface area contributed by atoms with Crippen LogP contribution in [0.4, 0.5) is 20.3 Å². The summed E-state index contributed by atoms with van der Waals surface area (Å²) in [5, 5.41) is 3.84. The maximum absolute atomic E-state index is 14.3. The lowest BCUT2D eigenvalue weighted by Crippen LogP contribution is -2.36. The van der Waals surface area contributed by atoms with Gasteiger partial charge in [0.25, 0.3) is 5.92 Å². The molecule has 5 rings (SSSR count). The highest BCUT2D eigenvalue weighted by Gasteiger charge is 2.25. The lowest BCUT2D eigenvalue weighted by molar-refractivity contribution is -0.129. The molecule has 0 aliphatic carbocycles. The van der Waals surface area contributed by atoms with Gasteiger partial charge in [-0.2, -0.15) is 0 Å². The van der Waals surface area contributed by atoms with E-state index in [0.29, 0.717) is 54.6 Å². The van der Waals surface area contributed by atoms with Crippen molar-refractivity contribution in [3.63, 3.8) is 0 Å². The van der Waals surface area contributed by atoms with E-state index < -0.39 is 11.9 Å². The lowest BCUT2D eigenvalue weighted by atomic mass is 10.1. The number of hydrogen-bond donors (Lipinski definition) is 1. The standard InChI is InChI=1S/C32H32F2N4O4/c33-32(34,15-4-5-17-38-18-20-40-21-19-38)16-14-30(39)42-27-12-13-29-28(22-27)31(36-23-35-29)37-24-8-10-26(11-9-24)41-25-6-2-1-3-7-25/h1-3,6-14,16,22-23H,4-5,15,17-21H2,(H,35,36,37). The number of carbonyl (C=O) groups excluding carboxylic acids is 1. The molecule has 1 fully saturated rings. The zero-order valence-corrected chi connectivity index (χ0v) is 23.0. The molecule has 3 aromatic carbocycles. The van der Waals surface area contributed by atoms with Crippen LogP contribution in [0.1, 0.15) is 19.3 Å². The Bertz CT molecular complexity index is 1490. The number of alkyl halides is 2. The number of allylic oxidation sites excluding steroid dienone is 1. The molecule has 218 valence electrons. The molecule has 0 amide bonds. The topological polar surface area (TPSA) is 85.8 Å². The van der Waals surface area contributed by atoms with Crippen LogP contribution in [0.2, 0.25) is 0 Å². The Labute approximate surface area is 242 Å². The highest BCUT2D eigenvalue weighted by Crippen LogP contribution is 2.29. The number of nitrogens with one attached hydrogen (secondary N) is 1. The predicted molar refractivity (Wildman–Crippen MR) is 157 cm³/mol. The quantitative estimate of drug-likeness (QED) is 0.0859. The number of rotatable bonds is 12. The largest absolute Gasteiger partial charge is 0.457 e. The van der Waals surface area contributed by atoms with Gasteiger partial charge in [-0.15, -0.1) is 0 Å². The van der Waals surface area contributed by atoms with Crippen molar-refractivity contribution in [2.24, 2.45) is 0 Å². The molecule has 0 saturated carbocycles. The summed E-state index contributed by atoms with van der Waals surface area (Å²) in [6.07, 6.45) is 3.51. The number of nitrogens with zero attached hydrogens (tertiary/aromatic N) is 3. The molecule has 1 aliphatic rings. The number of para-hydroxylation sites is 1. The first-order chi connectivity index (χ1) is 20.4. The minimum atomic E-state index is -3.10. The third-order valence-corrected chi connectivity index (χ3v) is 6.72. The summed E-state index contributed by atoms with van der Waals surface area (Å²) >= 11 is 0. The van der Waals surface area contributed by atoms with Crippen LogP contribution in [0.25, 0.3) is 10.9 Å². The summed E-state index contributed by atoms with van der Waals surface area (Å²) in [5.74, 6) is -1.88. The SMILES string of the molecule is O=C(C=CC(F)(F)CCCCN1CCOCC1)Oc1ccc2ncnc(Nc3ccc(Oc4ccccc4)cc3)c2c1. The molecule has 1 saturated heterocycles. The molecule has 0 spiro atoms. The number of halogens is 2. The normalized spacial score (nSPS) is 14.2. The Hall–Kier alpha value is -4.41. The number of carbonyl (C=O) groups is 1. The summed E-state index contributed by atoms with van der Waals surface area (Å²) in [7, 11) is 0. The average molecular weight is 575 g/mol. The molecule has 1 N–H and O–H groups in total. The smallest absolute Gasteiger partial charge is 0.336 e. The molecule has 1 aliphatic heterocycles. The van der Waals surface area contributed by atoms with E-state index in [-0.39, 0.29) is 12.2 Å². The summed E-state index contributed by atoms with van der Waals surface area (Å²) in [5.41, 5.74) is 1.38. The van der Waals surface area contributed by atoms with Gasteiger partial charge in [-0.25, -0.2) is 23.5 Å². The minimum absolute atomic E-state index is 0.190. The van der Waals surface area contributed by atoms with Crippen LogP contribution in [0.15, 0.2) is 91.3 Å². The average Bonchev–Trinajstić information content (AvgIpc) is 3.01. The van der Waals surface area contributed by atoms with E-state index in [1.807, 2.05) is 54.6 Å². The van der Waals surface area contributed by atoms with Crippen LogP contribution in [0, 0.1) is 0 Å². The fourth-order valence-electron chi connectivity index (χ4n) is 4.51. The third kappa shape index (κ3) is 8.55. The minimum Gasteiger partial charge on any atom is -0.457 e. The fraction of sp³-hybridized carbons (Fsp3) is 0.281. The Balaban J connectivity index is 1.16. The van der Waals surface area contributed by atoms with E-state index in [1.165, 1.54) is 6.33 Å². The molecule has 1 aromatic heterocycles. The van der Waals surface area contributed by atoms with Gasteiger partial charge < -0.3 is 19.5 Å². The fourth-order valence-corrected chi connectivity index (χ4v) is 4.51. The van der Waals surface area contributed by atoms with Crippen LogP contribution in [-0.4, -0.2) is 59.6 Å². The second-order valence-corrected chi connectivity index (χ2v) is 9.89.